The van der Waals surface area contributed by atoms with Crippen LogP contribution in [0.25, 0.3) is 11.3 Å². The van der Waals surface area contributed by atoms with Gasteiger partial charge in [-0.05, 0) is 55.3 Å². The van der Waals surface area contributed by atoms with Crippen molar-refractivity contribution in [1.82, 2.24) is 14.5 Å². The summed E-state index contributed by atoms with van der Waals surface area (Å²) in [5, 5.41) is 6.45. The van der Waals surface area contributed by atoms with E-state index in [0.29, 0.717) is 43.0 Å². The number of hydrogen-bond donors (Lipinski definition) is 1. The third kappa shape index (κ3) is 4.13. The summed E-state index contributed by atoms with van der Waals surface area (Å²) in [5.41, 5.74) is 3.39. The molecule has 3 aromatic rings. The molecule has 168 valence electrons. The zero-order valence-electron chi connectivity index (χ0n) is 18.3. The highest BCUT2D eigenvalue weighted by atomic mass is 32.2. The van der Waals surface area contributed by atoms with Gasteiger partial charge in [0, 0.05) is 37.8 Å². The largest absolute Gasteiger partial charge is 0.495 e. The van der Waals surface area contributed by atoms with Crippen LogP contribution in [0.2, 0.25) is 0 Å². The number of piperazine rings is 1. The minimum atomic E-state index is -3.70. The second-order valence-corrected chi connectivity index (χ2v) is 9.69. The molecular formula is C23H26N4O4S. The van der Waals surface area contributed by atoms with Crippen LogP contribution >= 0.6 is 0 Å². The van der Waals surface area contributed by atoms with Crippen LogP contribution in [0.3, 0.4) is 0 Å². The van der Waals surface area contributed by atoms with Crippen LogP contribution in [0.1, 0.15) is 11.1 Å². The Balaban J connectivity index is 1.61. The number of hydrogen-bond acceptors (Lipinski definition) is 6. The Hall–Kier alpha value is -3.17. The monoisotopic (exact) mass is 454 g/mol. The zero-order chi connectivity index (χ0) is 22.9. The Morgan fingerprint density at radius 2 is 1.72 bits per heavy atom. The van der Waals surface area contributed by atoms with Crippen LogP contribution in [0.5, 0.6) is 5.75 Å². The van der Waals surface area contributed by atoms with Gasteiger partial charge >= 0.3 is 0 Å². The number of rotatable bonds is 5. The molecule has 1 aliphatic heterocycles. The average Bonchev–Trinajstić information content (AvgIpc) is 2.81. The van der Waals surface area contributed by atoms with E-state index in [9.17, 15) is 13.2 Å². The maximum absolute atomic E-state index is 13.6. The summed E-state index contributed by atoms with van der Waals surface area (Å²) in [6.07, 6.45) is 0. The van der Waals surface area contributed by atoms with Crippen molar-refractivity contribution >= 4 is 15.7 Å². The molecule has 0 amide bonds. The molecule has 4 rings (SSSR count). The van der Waals surface area contributed by atoms with Gasteiger partial charge in [-0.2, -0.15) is 9.40 Å². The SMILES string of the molecule is COc1ccccc1N1CCN(S(=O)(=O)c2cc(-c3ccc(=O)[nH]n3)cc(C)c2C)CC1. The van der Waals surface area contributed by atoms with Crippen molar-refractivity contribution in [3.8, 4) is 17.0 Å². The summed E-state index contributed by atoms with van der Waals surface area (Å²) < 4.78 is 34.1. The number of nitrogens with one attached hydrogen (secondary N) is 1. The van der Waals surface area contributed by atoms with Gasteiger partial charge in [-0.3, -0.25) is 4.79 Å². The van der Waals surface area contributed by atoms with Gasteiger partial charge in [0.05, 0.1) is 23.4 Å². The van der Waals surface area contributed by atoms with Gasteiger partial charge in [0.25, 0.3) is 5.56 Å². The molecule has 2 heterocycles. The van der Waals surface area contributed by atoms with E-state index in [-0.39, 0.29) is 10.5 Å². The first kappa shape index (κ1) is 22.0. The molecule has 0 aliphatic carbocycles. The molecule has 1 saturated heterocycles. The fourth-order valence-electron chi connectivity index (χ4n) is 3.95. The van der Waals surface area contributed by atoms with Crippen molar-refractivity contribution in [3.05, 3.63) is 70.0 Å². The Bertz CT molecular complexity index is 1280. The smallest absolute Gasteiger partial charge is 0.264 e. The number of sulfonamides is 1. The van der Waals surface area contributed by atoms with Crippen molar-refractivity contribution in [2.75, 3.05) is 38.2 Å². The average molecular weight is 455 g/mol. The molecule has 0 radical (unpaired) electrons. The van der Waals surface area contributed by atoms with Crippen LogP contribution in [0.15, 0.2) is 58.2 Å². The number of aryl methyl sites for hydroxylation is 1. The molecule has 2 aromatic carbocycles. The number of aromatic nitrogens is 2. The van der Waals surface area contributed by atoms with E-state index in [1.54, 1.807) is 19.2 Å². The molecule has 9 heteroatoms. The Morgan fingerprint density at radius 1 is 1.00 bits per heavy atom. The minimum Gasteiger partial charge on any atom is -0.495 e. The summed E-state index contributed by atoms with van der Waals surface area (Å²) in [6.45, 7) is 5.58. The van der Waals surface area contributed by atoms with Gasteiger partial charge in [-0.1, -0.05) is 12.1 Å². The molecule has 0 bridgehead atoms. The van der Waals surface area contributed by atoms with Crippen molar-refractivity contribution in [1.29, 1.82) is 0 Å². The predicted molar refractivity (Wildman–Crippen MR) is 124 cm³/mol. The van der Waals surface area contributed by atoms with Crippen LogP contribution < -0.4 is 15.2 Å². The number of nitrogens with zero attached hydrogens (tertiary/aromatic N) is 3. The molecule has 1 aliphatic rings. The first-order chi connectivity index (χ1) is 15.3. The summed E-state index contributed by atoms with van der Waals surface area (Å²) in [6, 6.07) is 14.2. The molecule has 0 atom stereocenters. The standard InChI is InChI=1S/C23H26N4O4S/c1-16-14-18(19-8-9-23(28)25-24-19)15-22(17(16)2)32(29,30)27-12-10-26(11-13-27)20-6-4-5-7-21(20)31-3/h4-9,14-15H,10-13H2,1-3H3,(H,25,28). The molecule has 1 aromatic heterocycles. The van der Waals surface area contributed by atoms with Crippen molar-refractivity contribution in [3.63, 3.8) is 0 Å². The highest BCUT2D eigenvalue weighted by Gasteiger charge is 2.31. The summed E-state index contributed by atoms with van der Waals surface area (Å²) in [4.78, 5) is 13.8. The Kier molecular flexibility index (Phi) is 6.03. The van der Waals surface area contributed by atoms with Crippen LogP contribution in [-0.4, -0.2) is 56.2 Å². The van der Waals surface area contributed by atoms with Crippen molar-refractivity contribution < 1.29 is 13.2 Å². The summed E-state index contributed by atoms with van der Waals surface area (Å²) in [7, 11) is -2.07. The van der Waals surface area contributed by atoms with Crippen molar-refractivity contribution in [2.24, 2.45) is 0 Å². The van der Waals surface area contributed by atoms with E-state index in [1.807, 2.05) is 44.2 Å². The predicted octanol–water partition coefficient (Wildman–Crippen LogP) is 2.57. The topological polar surface area (TPSA) is 95.6 Å². The van der Waals surface area contributed by atoms with E-state index in [4.69, 9.17) is 4.74 Å². The molecule has 0 unspecified atom stereocenters. The molecule has 32 heavy (non-hydrogen) atoms. The van der Waals surface area contributed by atoms with Gasteiger partial charge in [0.1, 0.15) is 5.75 Å². The van der Waals surface area contributed by atoms with Gasteiger partial charge in [0.15, 0.2) is 0 Å². The van der Waals surface area contributed by atoms with E-state index in [0.717, 1.165) is 17.0 Å². The second-order valence-electron chi connectivity index (χ2n) is 7.79. The summed E-state index contributed by atoms with van der Waals surface area (Å²) in [5.74, 6) is 0.774. The number of para-hydroxylation sites is 2. The van der Waals surface area contributed by atoms with Crippen LogP contribution in [0.4, 0.5) is 5.69 Å². The normalized spacial score (nSPS) is 15.0. The first-order valence-electron chi connectivity index (χ1n) is 10.4. The van der Waals surface area contributed by atoms with E-state index in [2.05, 4.69) is 15.1 Å². The number of ether oxygens (including phenoxy) is 1. The van der Waals surface area contributed by atoms with Gasteiger partial charge in [0.2, 0.25) is 10.0 Å². The molecule has 1 N–H and O–H groups in total. The van der Waals surface area contributed by atoms with Crippen molar-refractivity contribution in [2.45, 2.75) is 18.7 Å². The highest BCUT2D eigenvalue weighted by Crippen LogP contribution is 2.31. The minimum absolute atomic E-state index is 0.270. The zero-order valence-corrected chi connectivity index (χ0v) is 19.1. The maximum Gasteiger partial charge on any atom is 0.264 e. The molecule has 1 fully saturated rings. The third-order valence-electron chi connectivity index (χ3n) is 5.88. The molecule has 8 nitrogen and oxygen atoms in total. The maximum atomic E-state index is 13.6. The van der Waals surface area contributed by atoms with E-state index >= 15 is 0 Å². The Morgan fingerprint density at radius 3 is 2.38 bits per heavy atom. The first-order valence-corrected chi connectivity index (χ1v) is 11.8. The number of methoxy groups -OCH3 is 1. The third-order valence-corrected chi connectivity index (χ3v) is 7.90. The van der Waals surface area contributed by atoms with Crippen LogP contribution in [-0.2, 0) is 10.0 Å². The van der Waals surface area contributed by atoms with E-state index in [1.165, 1.54) is 10.4 Å². The number of anilines is 1. The lowest BCUT2D eigenvalue weighted by molar-refractivity contribution is 0.378. The lowest BCUT2D eigenvalue weighted by Crippen LogP contribution is -2.48. The lowest BCUT2D eigenvalue weighted by Gasteiger charge is -2.36. The second kappa shape index (κ2) is 8.76. The fraction of sp³-hybridized carbons (Fsp3) is 0.304. The van der Waals surface area contributed by atoms with E-state index < -0.39 is 10.0 Å². The van der Waals surface area contributed by atoms with Gasteiger partial charge < -0.3 is 9.64 Å². The fourth-order valence-corrected chi connectivity index (χ4v) is 5.69. The molecule has 0 saturated carbocycles. The molecular weight excluding hydrogens is 428 g/mol. The lowest BCUT2D eigenvalue weighted by atomic mass is 10.0. The number of benzene rings is 2. The van der Waals surface area contributed by atoms with Crippen LogP contribution in [0, 0.1) is 13.8 Å². The Labute approximate surface area is 187 Å². The molecule has 0 spiro atoms. The van der Waals surface area contributed by atoms with Gasteiger partial charge in [-0.15, -0.1) is 0 Å². The highest BCUT2D eigenvalue weighted by molar-refractivity contribution is 7.89. The number of aromatic amines is 1. The number of H-pyrrole nitrogens is 1. The quantitative estimate of drug-likeness (QED) is 0.637. The summed E-state index contributed by atoms with van der Waals surface area (Å²) >= 11 is 0. The van der Waals surface area contributed by atoms with Gasteiger partial charge in [-0.25, -0.2) is 13.5 Å².